The van der Waals surface area contributed by atoms with Gasteiger partial charge in [-0.1, -0.05) is 0 Å². The van der Waals surface area contributed by atoms with Gasteiger partial charge < -0.3 is 39.2 Å². The van der Waals surface area contributed by atoms with Crippen LogP contribution in [0.15, 0.2) is 0 Å². The highest BCUT2D eigenvalue weighted by molar-refractivity contribution is 5.83. The molecule has 0 aromatic heterocycles. The minimum absolute atomic E-state index is 0.00183. The lowest BCUT2D eigenvalue weighted by Gasteiger charge is -2.53. The fraction of sp³-hybridized carbons (Fsp3) is 0.935. The standard InChI is InChI=1S/C31H51N3O7/c1-16(30(35)33-22-15-17(37-2)7-10-24(22)38-3)41-18-6-9-23-21(14-18)19-12-13-32-27-20-8-11-25(39-4)29(40-5)26(20)31(36)34(23)28(19)27/h16-29,32H,6-15H2,1-5H3,(H,33,35)/p+1/t16-,17?,18?,19?,20?,21?,22?,23?,24?,25?,26?,27?,28?,29?/m1/s1. The lowest BCUT2D eigenvalue weighted by Crippen LogP contribution is -2.99. The maximum atomic E-state index is 14.3. The van der Waals surface area contributed by atoms with Gasteiger partial charge in [0.05, 0.1) is 55.1 Å². The van der Waals surface area contributed by atoms with Crippen molar-refractivity contribution >= 4 is 11.8 Å². The first-order chi connectivity index (χ1) is 19.9. The summed E-state index contributed by atoms with van der Waals surface area (Å²) in [6.45, 7) is 2.98. The van der Waals surface area contributed by atoms with Crippen LogP contribution >= 0.6 is 0 Å². The SMILES string of the molecule is COC1CCC(OC)C(NC(=O)[C@@H](C)OC2CCC3C(C2)C2CC[NH2+]C4C5CCC(OC)C(OC)C5C(=O)N3C24)C1. The third kappa shape index (κ3) is 5.24. The van der Waals surface area contributed by atoms with Crippen molar-refractivity contribution in [3.8, 4) is 0 Å². The predicted molar refractivity (Wildman–Crippen MR) is 150 cm³/mol. The molecule has 3 aliphatic heterocycles. The number of nitrogens with two attached hydrogens (primary N) is 1. The van der Waals surface area contributed by atoms with E-state index in [0.717, 1.165) is 64.3 Å². The van der Waals surface area contributed by atoms with Crippen molar-refractivity contribution in [3.63, 3.8) is 0 Å². The predicted octanol–water partition coefficient (Wildman–Crippen LogP) is 0.860. The fourth-order valence-electron chi connectivity index (χ4n) is 10.0. The van der Waals surface area contributed by atoms with E-state index in [2.05, 4.69) is 15.5 Å². The molecule has 10 nitrogen and oxygen atoms in total. The van der Waals surface area contributed by atoms with Gasteiger partial charge in [0, 0.05) is 46.8 Å². The van der Waals surface area contributed by atoms with E-state index in [1.54, 1.807) is 28.4 Å². The molecule has 13 unspecified atom stereocenters. The molecule has 232 valence electrons. The summed E-state index contributed by atoms with van der Waals surface area (Å²) in [4.78, 5) is 29.8. The molecule has 0 bridgehead atoms. The summed E-state index contributed by atoms with van der Waals surface area (Å²) in [7, 11) is 6.92. The molecule has 6 fully saturated rings. The van der Waals surface area contributed by atoms with E-state index < -0.39 is 6.10 Å². The Kier molecular flexibility index (Phi) is 8.97. The van der Waals surface area contributed by atoms with E-state index in [1.807, 2.05) is 6.92 Å². The second-order valence-corrected chi connectivity index (χ2v) is 13.5. The van der Waals surface area contributed by atoms with Gasteiger partial charge in [-0.25, -0.2) is 0 Å². The Labute approximate surface area is 244 Å². The number of methoxy groups -OCH3 is 4. The van der Waals surface area contributed by atoms with E-state index in [4.69, 9.17) is 23.7 Å². The third-order valence-corrected chi connectivity index (χ3v) is 11.9. The third-order valence-electron chi connectivity index (χ3n) is 11.9. The van der Waals surface area contributed by atoms with E-state index >= 15 is 0 Å². The first-order valence-corrected chi connectivity index (χ1v) is 16.1. The highest BCUT2D eigenvalue weighted by Gasteiger charge is 2.66. The van der Waals surface area contributed by atoms with E-state index in [0.29, 0.717) is 35.7 Å². The van der Waals surface area contributed by atoms with Crippen molar-refractivity contribution in [2.75, 3.05) is 35.0 Å². The molecule has 41 heavy (non-hydrogen) atoms. The number of carbonyl (C=O) groups is 2. The topological polar surface area (TPSA) is 112 Å². The summed E-state index contributed by atoms with van der Waals surface area (Å²) >= 11 is 0. The Morgan fingerprint density at radius 2 is 1.61 bits per heavy atom. The van der Waals surface area contributed by atoms with Gasteiger partial charge in [0.2, 0.25) is 11.8 Å². The largest absolute Gasteiger partial charge is 0.381 e. The number of amides is 2. The zero-order valence-corrected chi connectivity index (χ0v) is 25.5. The zero-order chi connectivity index (χ0) is 28.8. The number of hydrogen-bond donors (Lipinski definition) is 2. The quantitative estimate of drug-likeness (QED) is 0.440. The second-order valence-electron chi connectivity index (χ2n) is 13.5. The number of rotatable bonds is 8. The second kappa shape index (κ2) is 12.4. The van der Waals surface area contributed by atoms with Gasteiger partial charge >= 0.3 is 0 Å². The number of nitrogens with zero attached hydrogens (tertiary/aromatic N) is 1. The van der Waals surface area contributed by atoms with Crippen LogP contribution in [0.1, 0.15) is 64.7 Å². The Balaban J connectivity index is 1.12. The van der Waals surface area contributed by atoms with E-state index in [-0.39, 0.29) is 54.4 Å². The molecule has 3 N–H and O–H groups in total. The summed E-state index contributed by atoms with van der Waals surface area (Å²) < 4.78 is 29.5. The highest BCUT2D eigenvalue weighted by Crippen LogP contribution is 2.53. The van der Waals surface area contributed by atoms with Crippen molar-refractivity contribution in [2.45, 2.75) is 126 Å². The van der Waals surface area contributed by atoms with E-state index in [9.17, 15) is 9.59 Å². The van der Waals surface area contributed by atoms with Crippen LogP contribution in [0.3, 0.4) is 0 Å². The lowest BCUT2D eigenvalue weighted by molar-refractivity contribution is -0.713. The minimum Gasteiger partial charge on any atom is -0.381 e. The molecule has 0 radical (unpaired) electrons. The molecule has 3 saturated heterocycles. The van der Waals surface area contributed by atoms with E-state index in [1.165, 1.54) is 0 Å². The normalized spacial score (nSPS) is 46.3. The number of quaternary nitrogens is 1. The minimum atomic E-state index is -0.536. The maximum absolute atomic E-state index is 14.3. The van der Waals surface area contributed by atoms with Crippen molar-refractivity contribution in [1.29, 1.82) is 0 Å². The molecule has 0 spiro atoms. The van der Waals surface area contributed by atoms with Crippen LogP contribution in [0.4, 0.5) is 0 Å². The van der Waals surface area contributed by atoms with Crippen molar-refractivity contribution in [3.05, 3.63) is 0 Å². The number of fused-ring (bicyclic) bond motifs is 5. The average Bonchev–Trinajstić information content (AvgIpc) is 3.33. The van der Waals surface area contributed by atoms with Gasteiger partial charge in [-0.3, -0.25) is 9.59 Å². The number of hydrogen-bond acceptors (Lipinski definition) is 7. The first-order valence-electron chi connectivity index (χ1n) is 16.1. The molecule has 10 heteroatoms. The summed E-state index contributed by atoms with van der Waals surface area (Å²) in [6, 6.07) is 0.918. The summed E-state index contributed by atoms with van der Waals surface area (Å²) in [5.41, 5.74) is 0. The molecule has 0 aromatic carbocycles. The highest BCUT2D eigenvalue weighted by atomic mass is 16.5. The van der Waals surface area contributed by atoms with Gasteiger partial charge in [0.15, 0.2) is 0 Å². The average molecular weight is 579 g/mol. The van der Waals surface area contributed by atoms with Gasteiger partial charge in [-0.2, -0.15) is 0 Å². The summed E-state index contributed by atoms with van der Waals surface area (Å²) in [5.74, 6) is 1.36. The number of carbonyl (C=O) groups excluding carboxylic acids is 2. The number of nitrogens with one attached hydrogen (secondary N) is 1. The van der Waals surface area contributed by atoms with Gasteiger partial charge in [-0.15, -0.1) is 0 Å². The number of piperidine rings is 2. The fourth-order valence-corrected chi connectivity index (χ4v) is 10.0. The number of ether oxygens (including phenoxy) is 5. The van der Waals surface area contributed by atoms with Crippen LogP contribution in [-0.2, 0) is 33.3 Å². The molecule has 6 rings (SSSR count). The summed E-state index contributed by atoms with van der Waals surface area (Å²) in [5, 5.41) is 5.73. The smallest absolute Gasteiger partial charge is 0.249 e. The van der Waals surface area contributed by atoms with Crippen molar-refractivity contribution in [2.24, 2.45) is 23.7 Å². The Morgan fingerprint density at radius 1 is 0.854 bits per heavy atom. The van der Waals surface area contributed by atoms with Crippen LogP contribution in [0.5, 0.6) is 0 Å². The van der Waals surface area contributed by atoms with Crippen molar-refractivity contribution < 1.29 is 38.6 Å². The lowest BCUT2D eigenvalue weighted by atomic mass is 9.64. The Morgan fingerprint density at radius 3 is 2.34 bits per heavy atom. The van der Waals surface area contributed by atoms with Crippen molar-refractivity contribution in [1.82, 2.24) is 10.2 Å². The van der Waals surface area contributed by atoms with Gasteiger partial charge in [0.25, 0.3) is 0 Å². The van der Waals surface area contributed by atoms with Crippen LogP contribution in [0.2, 0.25) is 0 Å². The Bertz CT molecular complexity index is 953. The van der Waals surface area contributed by atoms with Gasteiger partial charge in [0.1, 0.15) is 12.1 Å². The molecule has 3 saturated carbocycles. The molecule has 3 heterocycles. The van der Waals surface area contributed by atoms with Crippen LogP contribution in [0.25, 0.3) is 0 Å². The Hall–Kier alpha value is -1.30. The van der Waals surface area contributed by atoms with Crippen LogP contribution in [-0.4, -0.2) is 112 Å². The molecule has 2 amide bonds. The monoisotopic (exact) mass is 578 g/mol. The summed E-state index contributed by atoms with van der Waals surface area (Å²) in [6.07, 6.45) is 7.83. The molecule has 3 aliphatic carbocycles. The zero-order valence-electron chi connectivity index (χ0n) is 25.5. The van der Waals surface area contributed by atoms with Crippen LogP contribution < -0.4 is 10.6 Å². The van der Waals surface area contributed by atoms with Crippen LogP contribution in [0, 0.1) is 23.7 Å². The molecule has 14 atom stereocenters. The first kappa shape index (κ1) is 29.8. The maximum Gasteiger partial charge on any atom is 0.249 e. The molecule has 6 aliphatic rings. The van der Waals surface area contributed by atoms with Gasteiger partial charge in [-0.05, 0) is 70.1 Å². The molecule has 0 aromatic rings. The molecular formula is C31H52N3O7+. The molecular weight excluding hydrogens is 526 g/mol.